The molecule has 3 nitrogen and oxygen atoms in total. The van der Waals surface area contributed by atoms with E-state index >= 15 is 0 Å². The van der Waals surface area contributed by atoms with E-state index in [2.05, 4.69) is 45.7 Å². The first kappa shape index (κ1) is 36.6. The SMILES string of the molecule is CC.CC.CC=O.CCC/C=C/c1c(CCC)cc2c(ncn2C)c1F.CCCCCC(C)C. The Morgan fingerprint density at radius 2 is 1.62 bits per heavy atom. The van der Waals surface area contributed by atoms with Crippen LogP contribution in [0.2, 0.25) is 0 Å². The number of allylic oxidation sites excluding steroid dienone is 1. The van der Waals surface area contributed by atoms with Crippen LogP contribution in [0, 0.1) is 11.7 Å². The Balaban J connectivity index is -0.000000536. The maximum absolute atomic E-state index is 14.6. The average molecular weight is 479 g/mol. The quantitative estimate of drug-likeness (QED) is 0.265. The molecule has 1 aromatic heterocycles. The monoisotopic (exact) mass is 478 g/mol. The number of fused-ring (bicyclic) bond motifs is 1. The molecule has 1 aromatic carbocycles. The summed E-state index contributed by atoms with van der Waals surface area (Å²) in [6.45, 7) is 20.5. The van der Waals surface area contributed by atoms with Gasteiger partial charge < -0.3 is 9.36 Å². The number of unbranched alkanes of at least 4 members (excludes halogenated alkanes) is 3. The molecule has 4 heteroatoms. The lowest BCUT2D eigenvalue weighted by atomic mass is 10.0. The van der Waals surface area contributed by atoms with Crippen molar-refractivity contribution < 1.29 is 9.18 Å². The number of aldehydes is 1. The molecule has 198 valence electrons. The van der Waals surface area contributed by atoms with E-state index in [1.165, 1.54) is 32.6 Å². The van der Waals surface area contributed by atoms with Crippen molar-refractivity contribution in [3.63, 3.8) is 0 Å². The third kappa shape index (κ3) is 15.8. The van der Waals surface area contributed by atoms with Crippen molar-refractivity contribution in [2.24, 2.45) is 13.0 Å². The van der Waals surface area contributed by atoms with E-state index in [-0.39, 0.29) is 5.82 Å². The van der Waals surface area contributed by atoms with Crippen LogP contribution in [0.3, 0.4) is 0 Å². The molecule has 0 spiro atoms. The standard InChI is InChI=1S/C16H21FN2.C8H18.C2H4O.2C2H6/c1-4-6-7-9-13-12(8-5-2)10-14-16(15(13)17)18-11-19(14)3;1-4-5-6-7-8(2)3;1-2-3;2*1-2/h7,9-11H,4-6,8H2,1-3H3;8H,4-7H2,1-3H3;2H,1H3;2*1-2H3/b9-7+;;;;. The Hall–Kier alpha value is -1.97. The molecular formula is C30H55FN2O. The largest absolute Gasteiger partial charge is 0.334 e. The number of hydrogen-bond donors (Lipinski definition) is 0. The maximum atomic E-state index is 14.6. The highest BCUT2D eigenvalue weighted by molar-refractivity contribution is 5.81. The highest BCUT2D eigenvalue weighted by atomic mass is 19.1. The average Bonchev–Trinajstić information content (AvgIpc) is 3.20. The summed E-state index contributed by atoms with van der Waals surface area (Å²) in [5.41, 5.74) is 3.12. The number of benzene rings is 1. The summed E-state index contributed by atoms with van der Waals surface area (Å²) in [6.07, 6.45) is 15.9. The van der Waals surface area contributed by atoms with Gasteiger partial charge in [0.05, 0.1) is 11.8 Å². The van der Waals surface area contributed by atoms with Crippen LogP contribution in [0.5, 0.6) is 0 Å². The van der Waals surface area contributed by atoms with Crippen LogP contribution < -0.4 is 0 Å². The predicted molar refractivity (Wildman–Crippen MR) is 152 cm³/mol. The number of rotatable bonds is 9. The van der Waals surface area contributed by atoms with E-state index in [1.807, 2.05) is 51.5 Å². The fourth-order valence-corrected chi connectivity index (χ4v) is 3.12. The first-order valence-corrected chi connectivity index (χ1v) is 13.6. The van der Waals surface area contributed by atoms with Crippen LogP contribution in [0.25, 0.3) is 17.1 Å². The van der Waals surface area contributed by atoms with Crippen LogP contribution in [0.1, 0.15) is 125 Å². The second kappa shape index (κ2) is 25.6. The van der Waals surface area contributed by atoms with Gasteiger partial charge in [0.2, 0.25) is 0 Å². The van der Waals surface area contributed by atoms with Gasteiger partial charge in [0.25, 0.3) is 0 Å². The zero-order chi connectivity index (χ0) is 26.9. The predicted octanol–water partition coefficient (Wildman–Crippen LogP) is 9.96. The first-order chi connectivity index (χ1) is 16.4. The van der Waals surface area contributed by atoms with Crippen LogP contribution in [0.15, 0.2) is 18.5 Å². The van der Waals surface area contributed by atoms with Gasteiger partial charge in [0, 0.05) is 12.6 Å². The van der Waals surface area contributed by atoms with E-state index < -0.39 is 0 Å². The highest BCUT2D eigenvalue weighted by Gasteiger charge is 2.14. The van der Waals surface area contributed by atoms with Crippen molar-refractivity contribution in [3.8, 4) is 0 Å². The number of halogens is 1. The molecule has 1 heterocycles. The summed E-state index contributed by atoms with van der Waals surface area (Å²) in [5.74, 6) is 0.718. The van der Waals surface area contributed by atoms with Gasteiger partial charge in [-0.1, -0.05) is 113 Å². The van der Waals surface area contributed by atoms with E-state index in [0.29, 0.717) is 11.1 Å². The zero-order valence-electron chi connectivity index (χ0n) is 24.3. The van der Waals surface area contributed by atoms with Gasteiger partial charge >= 0.3 is 0 Å². The Bertz CT molecular complexity index is 748. The smallest absolute Gasteiger partial charge is 0.158 e. The second-order valence-electron chi connectivity index (χ2n) is 8.05. The molecule has 0 radical (unpaired) electrons. The van der Waals surface area contributed by atoms with Crippen molar-refractivity contribution in [2.75, 3.05) is 0 Å². The third-order valence-electron chi connectivity index (χ3n) is 4.73. The molecular weight excluding hydrogens is 423 g/mol. The molecule has 34 heavy (non-hydrogen) atoms. The number of nitrogens with zero attached hydrogens (tertiary/aromatic N) is 2. The number of carbonyl (C=O) groups excluding carboxylic acids is 1. The van der Waals surface area contributed by atoms with Gasteiger partial charge in [-0.2, -0.15) is 0 Å². The molecule has 2 rings (SSSR count). The lowest BCUT2D eigenvalue weighted by molar-refractivity contribution is -0.106. The summed E-state index contributed by atoms with van der Waals surface area (Å²) in [4.78, 5) is 13.0. The summed E-state index contributed by atoms with van der Waals surface area (Å²) < 4.78 is 16.4. The van der Waals surface area contributed by atoms with E-state index in [4.69, 9.17) is 4.79 Å². The number of imidazole rings is 1. The Labute approximate surface area is 211 Å². The molecule has 0 bridgehead atoms. The van der Waals surface area contributed by atoms with Crippen molar-refractivity contribution in [1.29, 1.82) is 0 Å². The zero-order valence-corrected chi connectivity index (χ0v) is 24.3. The summed E-state index contributed by atoms with van der Waals surface area (Å²) >= 11 is 0. The molecule has 0 N–H and O–H groups in total. The van der Waals surface area contributed by atoms with Gasteiger partial charge in [-0.25, -0.2) is 9.37 Å². The first-order valence-electron chi connectivity index (χ1n) is 13.6. The van der Waals surface area contributed by atoms with Crippen LogP contribution in [-0.2, 0) is 18.3 Å². The fraction of sp³-hybridized carbons (Fsp3) is 0.667. The van der Waals surface area contributed by atoms with Crippen molar-refractivity contribution in [2.45, 2.75) is 121 Å². The minimum Gasteiger partial charge on any atom is -0.334 e. The molecule has 0 saturated carbocycles. The molecule has 0 amide bonds. The van der Waals surface area contributed by atoms with Gasteiger partial charge in [-0.05, 0) is 37.3 Å². The Morgan fingerprint density at radius 3 is 2.09 bits per heavy atom. The molecule has 0 aliphatic heterocycles. The minimum atomic E-state index is -0.186. The number of aromatic nitrogens is 2. The van der Waals surface area contributed by atoms with Gasteiger partial charge in [-0.15, -0.1) is 0 Å². The van der Waals surface area contributed by atoms with Crippen LogP contribution in [0.4, 0.5) is 4.39 Å². The van der Waals surface area contributed by atoms with Crippen LogP contribution >= 0.6 is 0 Å². The Morgan fingerprint density at radius 1 is 1.03 bits per heavy atom. The fourth-order valence-electron chi connectivity index (χ4n) is 3.12. The van der Waals surface area contributed by atoms with Gasteiger partial charge in [0.15, 0.2) is 5.82 Å². The third-order valence-corrected chi connectivity index (χ3v) is 4.73. The minimum absolute atomic E-state index is 0.186. The van der Waals surface area contributed by atoms with Crippen molar-refractivity contribution in [1.82, 2.24) is 9.55 Å². The van der Waals surface area contributed by atoms with E-state index in [1.54, 1.807) is 6.33 Å². The van der Waals surface area contributed by atoms with Crippen molar-refractivity contribution >= 4 is 23.4 Å². The lowest BCUT2D eigenvalue weighted by Crippen LogP contribution is -1.96. The molecule has 0 unspecified atom stereocenters. The van der Waals surface area contributed by atoms with Gasteiger partial charge in [0.1, 0.15) is 11.8 Å². The molecule has 2 aromatic rings. The van der Waals surface area contributed by atoms with Gasteiger partial charge in [-0.3, -0.25) is 0 Å². The molecule has 0 saturated heterocycles. The van der Waals surface area contributed by atoms with Crippen molar-refractivity contribution in [3.05, 3.63) is 35.4 Å². The Kier molecular flexibility index (Phi) is 27.6. The summed E-state index contributed by atoms with van der Waals surface area (Å²) in [7, 11) is 1.90. The number of hydrogen-bond acceptors (Lipinski definition) is 2. The normalized spacial score (nSPS) is 9.79. The van der Waals surface area contributed by atoms with E-state index in [9.17, 15) is 4.39 Å². The number of carbonyl (C=O) groups is 1. The topological polar surface area (TPSA) is 34.9 Å². The molecule has 0 aliphatic rings. The summed E-state index contributed by atoms with van der Waals surface area (Å²) in [5, 5.41) is 0. The summed E-state index contributed by atoms with van der Waals surface area (Å²) in [6, 6.07) is 2.07. The highest BCUT2D eigenvalue weighted by Crippen LogP contribution is 2.26. The second-order valence-corrected chi connectivity index (χ2v) is 8.05. The maximum Gasteiger partial charge on any atom is 0.158 e. The molecule has 0 fully saturated rings. The number of aryl methyl sites for hydroxylation is 2. The lowest BCUT2D eigenvalue weighted by Gasteiger charge is -2.08. The molecule has 0 aliphatic carbocycles. The van der Waals surface area contributed by atoms with Crippen LogP contribution in [-0.4, -0.2) is 15.8 Å². The van der Waals surface area contributed by atoms with E-state index in [0.717, 1.165) is 49.0 Å². The molecule has 0 atom stereocenters.